The average molecular weight is 417 g/mol. The van der Waals surface area contributed by atoms with E-state index in [4.69, 9.17) is 14.5 Å². The third kappa shape index (κ3) is 6.69. The van der Waals surface area contributed by atoms with Crippen molar-refractivity contribution in [1.29, 1.82) is 0 Å². The Morgan fingerprint density at radius 2 is 1.93 bits per heavy atom. The highest BCUT2D eigenvalue weighted by Crippen LogP contribution is 2.20. The van der Waals surface area contributed by atoms with E-state index in [9.17, 15) is 0 Å². The molecule has 1 aromatic rings. The van der Waals surface area contributed by atoms with Crippen molar-refractivity contribution in [3.05, 3.63) is 35.4 Å². The lowest BCUT2D eigenvalue weighted by Crippen LogP contribution is -2.47. The Hall–Kier alpha value is -1.63. The molecule has 0 aliphatic carbocycles. The quantitative estimate of drug-likeness (QED) is 0.381. The van der Waals surface area contributed by atoms with E-state index in [0.29, 0.717) is 12.1 Å². The summed E-state index contributed by atoms with van der Waals surface area (Å²) in [6.45, 7) is 11.9. The van der Waals surface area contributed by atoms with Gasteiger partial charge in [0.15, 0.2) is 5.96 Å². The first-order chi connectivity index (χ1) is 14.7. The highest BCUT2D eigenvalue weighted by molar-refractivity contribution is 5.80. The molecular formula is C24H40N4O2. The molecule has 0 spiro atoms. The molecule has 2 heterocycles. The highest BCUT2D eigenvalue weighted by atomic mass is 16.5. The summed E-state index contributed by atoms with van der Waals surface area (Å²) in [4.78, 5) is 9.98. The first kappa shape index (κ1) is 23.0. The van der Waals surface area contributed by atoms with Gasteiger partial charge >= 0.3 is 0 Å². The number of hydrogen-bond acceptors (Lipinski definition) is 4. The second-order valence-electron chi connectivity index (χ2n) is 8.44. The maximum atomic E-state index is 6.01. The lowest BCUT2D eigenvalue weighted by Gasteiger charge is -2.35. The molecule has 6 nitrogen and oxygen atoms in total. The monoisotopic (exact) mass is 416 g/mol. The van der Waals surface area contributed by atoms with Gasteiger partial charge in [-0.2, -0.15) is 0 Å². The molecule has 1 unspecified atom stereocenters. The van der Waals surface area contributed by atoms with Crippen LogP contribution in [-0.2, 0) is 22.4 Å². The van der Waals surface area contributed by atoms with Gasteiger partial charge in [0.1, 0.15) is 0 Å². The molecule has 0 bridgehead atoms. The van der Waals surface area contributed by atoms with Crippen LogP contribution in [0.15, 0.2) is 29.3 Å². The molecule has 1 aromatic carbocycles. The number of aliphatic imine (C=N–C) groups is 1. The van der Waals surface area contributed by atoms with Crippen molar-refractivity contribution in [3.63, 3.8) is 0 Å². The van der Waals surface area contributed by atoms with Gasteiger partial charge in [-0.3, -0.25) is 9.89 Å². The molecule has 2 aliphatic heterocycles. The number of nitrogens with one attached hydrogen (secondary N) is 1. The first-order valence-electron chi connectivity index (χ1n) is 11.7. The van der Waals surface area contributed by atoms with E-state index in [-0.39, 0.29) is 0 Å². The van der Waals surface area contributed by atoms with Gasteiger partial charge in [0.25, 0.3) is 0 Å². The smallest absolute Gasteiger partial charge is 0.193 e. The lowest BCUT2D eigenvalue weighted by atomic mass is 9.99. The number of hydrogen-bond donors (Lipinski definition) is 1. The fourth-order valence-electron chi connectivity index (χ4n) is 4.34. The van der Waals surface area contributed by atoms with Gasteiger partial charge in [-0.1, -0.05) is 24.3 Å². The summed E-state index contributed by atoms with van der Waals surface area (Å²) in [5.74, 6) is 1.06. The van der Waals surface area contributed by atoms with Crippen molar-refractivity contribution in [2.45, 2.75) is 58.2 Å². The summed E-state index contributed by atoms with van der Waals surface area (Å²) in [6.07, 6.45) is 4.61. The molecule has 1 N–H and O–H groups in total. The van der Waals surface area contributed by atoms with Gasteiger partial charge in [-0.25, -0.2) is 0 Å². The standard InChI is InChI=1S/C24H40N4O2/c1-4-25-24(27-14-11-23(12-15-27)30-17-7-16-29-3)26-18-20(2)28-13-10-21-8-5-6-9-22(21)19-28/h5-6,8-9,20,23H,4,7,10-19H2,1-3H3,(H,25,26). The number of methoxy groups -OCH3 is 1. The van der Waals surface area contributed by atoms with Crippen LogP contribution in [0.1, 0.15) is 44.2 Å². The van der Waals surface area contributed by atoms with Crippen molar-refractivity contribution in [2.75, 3.05) is 53.0 Å². The van der Waals surface area contributed by atoms with Crippen molar-refractivity contribution in [1.82, 2.24) is 15.1 Å². The minimum atomic E-state index is 0.369. The summed E-state index contributed by atoms with van der Waals surface area (Å²) in [7, 11) is 1.74. The fourth-order valence-corrected chi connectivity index (χ4v) is 4.34. The van der Waals surface area contributed by atoms with Gasteiger partial charge in [0, 0.05) is 59.1 Å². The Labute approximate surface area is 182 Å². The minimum Gasteiger partial charge on any atom is -0.385 e. The predicted octanol–water partition coefficient (Wildman–Crippen LogP) is 2.92. The maximum absolute atomic E-state index is 6.01. The van der Waals surface area contributed by atoms with E-state index < -0.39 is 0 Å². The summed E-state index contributed by atoms with van der Waals surface area (Å²) >= 11 is 0. The number of fused-ring (bicyclic) bond motifs is 1. The molecule has 0 aromatic heterocycles. The van der Waals surface area contributed by atoms with Crippen LogP contribution in [-0.4, -0.2) is 81.0 Å². The molecule has 0 saturated carbocycles. The largest absolute Gasteiger partial charge is 0.385 e. The number of piperidine rings is 1. The van der Waals surface area contributed by atoms with E-state index >= 15 is 0 Å². The second kappa shape index (κ2) is 12.3. The Balaban J connectivity index is 1.47. The number of rotatable bonds is 9. The van der Waals surface area contributed by atoms with Crippen LogP contribution in [0.4, 0.5) is 0 Å². The zero-order chi connectivity index (χ0) is 21.2. The molecule has 0 amide bonds. The van der Waals surface area contributed by atoms with Crippen LogP contribution >= 0.6 is 0 Å². The van der Waals surface area contributed by atoms with Gasteiger partial charge in [-0.05, 0) is 50.7 Å². The number of guanidine groups is 1. The molecule has 1 atom stereocenters. The summed E-state index contributed by atoms with van der Waals surface area (Å²) in [5.41, 5.74) is 2.98. The van der Waals surface area contributed by atoms with Gasteiger partial charge < -0.3 is 19.7 Å². The van der Waals surface area contributed by atoms with E-state index in [1.807, 2.05) is 0 Å². The number of nitrogens with zero attached hydrogens (tertiary/aromatic N) is 3. The van der Waals surface area contributed by atoms with Crippen molar-refractivity contribution in [3.8, 4) is 0 Å². The zero-order valence-corrected chi connectivity index (χ0v) is 19.1. The van der Waals surface area contributed by atoms with E-state index in [2.05, 4.69) is 53.2 Å². The van der Waals surface area contributed by atoms with Crippen molar-refractivity contribution >= 4 is 5.96 Å². The third-order valence-corrected chi connectivity index (χ3v) is 6.21. The highest BCUT2D eigenvalue weighted by Gasteiger charge is 2.23. The first-order valence-corrected chi connectivity index (χ1v) is 11.7. The average Bonchev–Trinajstić information content (AvgIpc) is 2.79. The fraction of sp³-hybridized carbons (Fsp3) is 0.708. The van der Waals surface area contributed by atoms with Gasteiger partial charge in [-0.15, -0.1) is 0 Å². The molecule has 30 heavy (non-hydrogen) atoms. The molecular weight excluding hydrogens is 376 g/mol. The van der Waals surface area contributed by atoms with E-state index in [0.717, 1.165) is 84.1 Å². The summed E-state index contributed by atoms with van der Waals surface area (Å²) in [5, 5.41) is 3.50. The number of ether oxygens (including phenoxy) is 2. The van der Waals surface area contributed by atoms with Crippen LogP contribution < -0.4 is 5.32 Å². The topological polar surface area (TPSA) is 49.3 Å². The molecule has 1 saturated heterocycles. The normalized spacial score (nSPS) is 19.6. The molecule has 6 heteroatoms. The third-order valence-electron chi connectivity index (χ3n) is 6.21. The van der Waals surface area contributed by atoms with Crippen LogP contribution in [0.25, 0.3) is 0 Å². The molecule has 168 valence electrons. The second-order valence-corrected chi connectivity index (χ2v) is 8.44. The van der Waals surface area contributed by atoms with Crippen LogP contribution in [0.2, 0.25) is 0 Å². The Morgan fingerprint density at radius 1 is 1.17 bits per heavy atom. The Kier molecular flexibility index (Phi) is 9.43. The van der Waals surface area contributed by atoms with E-state index in [1.54, 1.807) is 7.11 Å². The molecule has 1 fully saturated rings. The molecule has 3 rings (SSSR count). The lowest BCUT2D eigenvalue weighted by molar-refractivity contribution is 0.00988. The van der Waals surface area contributed by atoms with Gasteiger partial charge in [0.2, 0.25) is 0 Å². The van der Waals surface area contributed by atoms with Crippen LogP contribution in [0, 0.1) is 0 Å². The van der Waals surface area contributed by atoms with Crippen LogP contribution in [0.5, 0.6) is 0 Å². The van der Waals surface area contributed by atoms with Gasteiger partial charge in [0.05, 0.1) is 12.6 Å². The van der Waals surface area contributed by atoms with Crippen LogP contribution in [0.3, 0.4) is 0 Å². The summed E-state index contributed by atoms with van der Waals surface area (Å²) < 4.78 is 11.1. The Morgan fingerprint density at radius 3 is 2.67 bits per heavy atom. The predicted molar refractivity (Wildman–Crippen MR) is 123 cm³/mol. The minimum absolute atomic E-state index is 0.369. The molecule has 0 radical (unpaired) electrons. The summed E-state index contributed by atoms with van der Waals surface area (Å²) in [6, 6.07) is 9.28. The van der Waals surface area contributed by atoms with Crippen molar-refractivity contribution < 1.29 is 9.47 Å². The number of benzene rings is 1. The maximum Gasteiger partial charge on any atom is 0.193 e. The Bertz CT molecular complexity index is 658. The zero-order valence-electron chi connectivity index (χ0n) is 19.1. The SMILES string of the molecule is CCNC(=NCC(C)N1CCc2ccccc2C1)N1CCC(OCCCOC)CC1. The molecule has 2 aliphatic rings. The van der Waals surface area contributed by atoms with E-state index in [1.165, 1.54) is 11.1 Å². The van der Waals surface area contributed by atoms with Crippen molar-refractivity contribution in [2.24, 2.45) is 4.99 Å². The number of likely N-dealkylation sites (tertiary alicyclic amines) is 1.